The summed E-state index contributed by atoms with van der Waals surface area (Å²) in [6, 6.07) is 0. The smallest absolute Gasteiger partial charge is 0.102 e. The third-order valence-electron chi connectivity index (χ3n) is 5.40. The summed E-state index contributed by atoms with van der Waals surface area (Å²) in [6.45, 7) is 12.7. The maximum atomic E-state index is 5.78. The van der Waals surface area contributed by atoms with E-state index in [1.165, 1.54) is 59.7 Å². The van der Waals surface area contributed by atoms with Crippen molar-refractivity contribution in [3.8, 4) is 0 Å². The molecule has 0 unspecified atom stereocenters. The van der Waals surface area contributed by atoms with Crippen molar-refractivity contribution < 1.29 is 23.2 Å². The highest BCUT2D eigenvalue weighted by Crippen LogP contribution is 2.12. The molecule has 0 amide bonds. The predicted molar refractivity (Wildman–Crippen MR) is 109 cm³/mol. The molecule has 0 radical (unpaired) electrons. The molecule has 25 heavy (non-hydrogen) atoms. The Morgan fingerprint density at radius 2 is 1.08 bits per heavy atom. The molecule has 5 nitrogen and oxygen atoms in total. The Bertz CT molecular complexity index is 317. The molecule has 2 fully saturated rings. The van der Waals surface area contributed by atoms with Gasteiger partial charge in [-0.05, 0) is 0 Å². The number of quaternary nitrogens is 2. The highest BCUT2D eigenvalue weighted by molar-refractivity contribution is 7.99. The van der Waals surface area contributed by atoms with Crippen LogP contribution >= 0.6 is 23.5 Å². The summed E-state index contributed by atoms with van der Waals surface area (Å²) in [6.07, 6.45) is 0. The lowest BCUT2D eigenvalue weighted by Crippen LogP contribution is -2.53. The quantitative estimate of drug-likeness (QED) is 0.369. The topological polar surface area (TPSA) is 27.7 Å². The second-order valence-electron chi connectivity index (χ2n) is 7.64. The second-order valence-corrected chi connectivity index (χ2v) is 10.1. The zero-order valence-corrected chi connectivity index (χ0v) is 17.9. The summed E-state index contributed by atoms with van der Waals surface area (Å²) in [7, 11) is 4.71. The van der Waals surface area contributed by atoms with E-state index in [2.05, 4.69) is 14.1 Å². The van der Waals surface area contributed by atoms with Gasteiger partial charge in [-0.3, -0.25) is 0 Å². The monoisotopic (exact) mass is 394 g/mol. The van der Waals surface area contributed by atoms with Crippen molar-refractivity contribution in [1.29, 1.82) is 0 Å². The fourth-order valence-electron chi connectivity index (χ4n) is 3.13. The SMILES string of the molecule is C[N+]1(CCSCCOCCSCC[N+]2(C)CCOCC2)CCOCC1. The van der Waals surface area contributed by atoms with Crippen LogP contribution in [0.4, 0.5) is 0 Å². The van der Waals surface area contributed by atoms with Gasteiger partial charge in [0.25, 0.3) is 0 Å². The number of morpholine rings is 2. The van der Waals surface area contributed by atoms with Crippen molar-refractivity contribution in [2.45, 2.75) is 0 Å². The van der Waals surface area contributed by atoms with E-state index in [0.717, 1.165) is 51.1 Å². The number of likely N-dealkylation sites (N-methyl/N-ethyl adjacent to an activating group) is 2. The van der Waals surface area contributed by atoms with Crippen LogP contribution in [0.2, 0.25) is 0 Å². The number of nitrogens with zero attached hydrogens (tertiary/aromatic N) is 2. The van der Waals surface area contributed by atoms with E-state index in [4.69, 9.17) is 14.2 Å². The average Bonchev–Trinajstić information content (AvgIpc) is 2.61. The Hall–Kier alpha value is 0.500. The predicted octanol–water partition coefficient (Wildman–Crippen LogP) is 1.42. The van der Waals surface area contributed by atoms with Crippen LogP contribution in [-0.4, -0.2) is 125 Å². The summed E-state index contributed by atoms with van der Waals surface area (Å²) in [5.74, 6) is 4.70. The lowest BCUT2D eigenvalue weighted by atomic mass is 10.3. The van der Waals surface area contributed by atoms with E-state index in [9.17, 15) is 0 Å². The van der Waals surface area contributed by atoms with E-state index in [1.54, 1.807) is 0 Å². The lowest BCUT2D eigenvalue weighted by molar-refractivity contribution is -0.914. The van der Waals surface area contributed by atoms with Crippen LogP contribution < -0.4 is 0 Å². The lowest BCUT2D eigenvalue weighted by Gasteiger charge is -2.37. The van der Waals surface area contributed by atoms with Gasteiger partial charge in [-0.15, -0.1) is 0 Å². The Balaban J connectivity index is 1.34. The number of hydrogen-bond acceptors (Lipinski definition) is 5. The van der Waals surface area contributed by atoms with Crippen molar-refractivity contribution in [2.75, 3.05) is 116 Å². The summed E-state index contributed by atoms with van der Waals surface area (Å²) in [4.78, 5) is 0. The minimum Gasteiger partial charge on any atom is -0.380 e. The molecule has 2 aliphatic rings. The summed E-state index contributed by atoms with van der Waals surface area (Å²) in [5.41, 5.74) is 0. The summed E-state index contributed by atoms with van der Waals surface area (Å²) in [5, 5.41) is 0. The summed E-state index contributed by atoms with van der Waals surface area (Å²) < 4.78 is 19.0. The zero-order chi connectivity index (χ0) is 17.8. The Morgan fingerprint density at radius 1 is 0.680 bits per heavy atom. The molecule has 0 aromatic carbocycles. The Morgan fingerprint density at radius 3 is 1.48 bits per heavy atom. The fraction of sp³-hybridized carbons (Fsp3) is 1.00. The van der Waals surface area contributed by atoms with Gasteiger partial charge in [0.15, 0.2) is 0 Å². The molecule has 0 bridgehead atoms. The van der Waals surface area contributed by atoms with Gasteiger partial charge < -0.3 is 23.2 Å². The largest absolute Gasteiger partial charge is 0.380 e. The van der Waals surface area contributed by atoms with Crippen LogP contribution in [-0.2, 0) is 14.2 Å². The first-order valence-electron chi connectivity index (χ1n) is 9.68. The van der Waals surface area contributed by atoms with E-state index < -0.39 is 0 Å². The van der Waals surface area contributed by atoms with Crippen LogP contribution in [0.5, 0.6) is 0 Å². The van der Waals surface area contributed by atoms with Gasteiger partial charge in [0.1, 0.15) is 26.2 Å². The van der Waals surface area contributed by atoms with Crippen LogP contribution in [0.15, 0.2) is 0 Å². The van der Waals surface area contributed by atoms with Crippen LogP contribution in [0.25, 0.3) is 0 Å². The fourth-order valence-corrected chi connectivity index (χ4v) is 5.15. The molecule has 7 heteroatoms. The molecule has 148 valence electrons. The first-order valence-corrected chi connectivity index (χ1v) is 12.0. The van der Waals surface area contributed by atoms with Gasteiger partial charge in [-0.2, -0.15) is 23.5 Å². The highest BCUT2D eigenvalue weighted by atomic mass is 32.2. The zero-order valence-electron chi connectivity index (χ0n) is 16.2. The molecule has 2 heterocycles. The molecule has 0 aromatic rings. The minimum atomic E-state index is 0.892. The maximum Gasteiger partial charge on any atom is 0.102 e. The van der Waals surface area contributed by atoms with Gasteiger partial charge >= 0.3 is 0 Å². The molecule has 2 saturated heterocycles. The number of hydrogen-bond donors (Lipinski definition) is 0. The molecule has 0 atom stereocenters. The molecule has 0 aromatic heterocycles. The number of rotatable bonds is 12. The Labute approximate surface area is 162 Å². The van der Waals surface area contributed by atoms with Crippen molar-refractivity contribution in [3.63, 3.8) is 0 Å². The molecule has 2 rings (SSSR count). The van der Waals surface area contributed by atoms with Crippen LogP contribution in [0, 0.1) is 0 Å². The van der Waals surface area contributed by atoms with Gasteiger partial charge in [0.05, 0.1) is 66.8 Å². The van der Waals surface area contributed by atoms with E-state index >= 15 is 0 Å². The molecule has 0 N–H and O–H groups in total. The van der Waals surface area contributed by atoms with E-state index in [-0.39, 0.29) is 0 Å². The number of thioether (sulfide) groups is 2. The molecular formula is C18H38N2O3S2+2. The first kappa shape index (κ1) is 21.8. The second kappa shape index (κ2) is 12.1. The molecule has 2 aliphatic heterocycles. The van der Waals surface area contributed by atoms with Crippen molar-refractivity contribution in [1.82, 2.24) is 0 Å². The van der Waals surface area contributed by atoms with Crippen molar-refractivity contribution in [2.24, 2.45) is 0 Å². The third kappa shape index (κ3) is 9.31. The average molecular weight is 395 g/mol. The molecule has 0 saturated carbocycles. The molecule has 0 spiro atoms. The van der Waals surface area contributed by atoms with Crippen LogP contribution in [0.1, 0.15) is 0 Å². The molecule has 0 aliphatic carbocycles. The van der Waals surface area contributed by atoms with Crippen molar-refractivity contribution in [3.05, 3.63) is 0 Å². The van der Waals surface area contributed by atoms with Crippen LogP contribution in [0.3, 0.4) is 0 Å². The standard InChI is InChI=1S/C18H38N2O3S2/c1-19(3-9-21-10-4-19)7-15-24-17-13-23-14-18-25-16-8-20(2)5-11-22-12-6-20/h3-18H2,1-2H3/q+2. The minimum absolute atomic E-state index is 0.892. The van der Waals surface area contributed by atoms with Gasteiger partial charge in [-0.25, -0.2) is 0 Å². The number of ether oxygens (including phenoxy) is 3. The third-order valence-corrected chi connectivity index (χ3v) is 7.25. The van der Waals surface area contributed by atoms with Crippen molar-refractivity contribution >= 4 is 23.5 Å². The van der Waals surface area contributed by atoms with Gasteiger partial charge in [0.2, 0.25) is 0 Å². The highest BCUT2D eigenvalue weighted by Gasteiger charge is 2.25. The van der Waals surface area contributed by atoms with E-state index in [0.29, 0.717) is 0 Å². The van der Waals surface area contributed by atoms with Gasteiger partial charge in [0, 0.05) is 23.0 Å². The Kier molecular flexibility index (Phi) is 10.5. The first-order chi connectivity index (χ1) is 12.1. The normalized spacial score (nSPS) is 22.8. The maximum absolute atomic E-state index is 5.78. The van der Waals surface area contributed by atoms with Gasteiger partial charge in [-0.1, -0.05) is 0 Å². The van der Waals surface area contributed by atoms with E-state index in [1.807, 2.05) is 23.5 Å². The summed E-state index contributed by atoms with van der Waals surface area (Å²) >= 11 is 4.06. The molecular weight excluding hydrogens is 356 g/mol.